The van der Waals surface area contributed by atoms with Crippen molar-refractivity contribution in [1.82, 2.24) is 4.98 Å². The molecular formula is C18H12F3NO3. The smallest absolute Gasteiger partial charge is 0.311 e. The minimum atomic E-state index is -1.30. The fraction of sp³-hybridized carbons (Fsp3) is 0.111. The number of aliphatic carboxylic acids is 1. The Labute approximate surface area is 139 Å². The minimum absolute atomic E-state index is 0.129. The molecule has 1 heterocycles. The molecule has 0 saturated carbocycles. The summed E-state index contributed by atoms with van der Waals surface area (Å²) in [7, 11) is 0. The molecule has 1 atom stereocenters. The molecule has 0 aliphatic heterocycles. The van der Waals surface area contributed by atoms with E-state index >= 15 is 0 Å². The Balaban J connectivity index is 1.97. The Morgan fingerprint density at radius 2 is 1.84 bits per heavy atom. The topological polar surface area (TPSA) is 70.2 Å². The number of carboxylic acids is 1. The molecule has 0 radical (unpaired) electrons. The Morgan fingerprint density at radius 3 is 2.52 bits per heavy atom. The molecule has 1 aromatic heterocycles. The summed E-state index contributed by atoms with van der Waals surface area (Å²) in [6.07, 6.45) is 0.780. The second kappa shape index (κ2) is 6.43. The number of ketones is 1. The molecule has 2 N–H and O–H groups in total. The molecule has 3 aromatic rings. The first-order valence-corrected chi connectivity index (χ1v) is 7.35. The Bertz CT molecular complexity index is 981. The number of aromatic nitrogens is 1. The van der Waals surface area contributed by atoms with E-state index in [1.807, 2.05) is 0 Å². The first-order valence-electron chi connectivity index (χ1n) is 7.35. The molecule has 2 aromatic carbocycles. The van der Waals surface area contributed by atoms with E-state index in [4.69, 9.17) is 0 Å². The molecule has 3 rings (SSSR count). The third kappa shape index (κ3) is 3.13. The number of carboxylic acid groups (broad SMARTS) is 1. The van der Waals surface area contributed by atoms with Crippen molar-refractivity contribution in [1.29, 1.82) is 0 Å². The van der Waals surface area contributed by atoms with Crippen LogP contribution in [0.3, 0.4) is 0 Å². The van der Waals surface area contributed by atoms with Gasteiger partial charge in [0.15, 0.2) is 5.78 Å². The van der Waals surface area contributed by atoms with Gasteiger partial charge >= 0.3 is 5.97 Å². The van der Waals surface area contributed by atoms with Crippen molar-refractivity contribution in [2.75, 3.05) is 0 Å². The molecule has 7 heteroatoms. The predicted octanol–water partition coefficient (Wildman–Crippen LogP) is 4.03. The SMILES string of the molecule is O=C(CC(C(=O)O)c1c[nH]c2c(F)cccc12)c1ccc(F)cc1F. The van der Waals surface area contributed by atoms with Crippen molar-refractivity contribution < 1.29 is 27.9 Å². The second-order valence-electron chi connectivity index (χ2n) is 5.55. The van der Waals surface area contributed by atoms with Gasteiger partial charge in [0, 0.05) is 24.1 Å². The number of fused-ring (bicyclic) bond motifs is 1. The molecule has 0 aliphatic carbocycles. The van der Waals surface area contributed by atoms with Crippen molar-refractivity contribution in [3.8, 4) is 0 Å². The van der Waals surface area contributed by atoms with Crippen molar-refractivity contribution >= 4 is 22.7 Å². The van der Waals surface area contributed by atoms with Crippen LogP contribution >= 0.6 is 0 Å². The molecule has 0 fully saturated rings. The van der Waals surface area contributed by atoms with Gasteiger partial charge in [-0.05, 0) is 23.8 Å². The fourth-order valence-corrected chi connectivity index (χ4v) is 2.77. The lowest BCUT2D eigenvalue weighted by Gasteiger charge is -2.11. The first-order chi connectivity index (χ1) is 11.9. The molecule has 0 amide bonds. The van der Waals surface area contributed by atoms with Gasteiger partial charge in [-0.15, -0.1) is 0 Å². The number of para-hydroxylation sites is 1. The molecule has 0 saturated heterocycles. The summed E-state index contributed by atoms with van der Waals surface area (Å²) in [5.41, 5.74) is -0.0410. The van der Waals surface area contributed by atoms with Crippen molar-refractivity contribution in [2.45, 2.75) is 12.3 Å². The largest absolute Gasteiger partial charge is 0.481 e. The summed E-state index contributed by atoms with van der Waals surface area (Å²) in [5.74, 6) is -5.83. The van der Waals surface area contributed by atoms with Crippen LogP contribution in [0.5, 0.6) is 0 Å². The highest BCUT2D eigenvalue weighted by molar-refractivity contribution is 6.00. The maximum absolute atomic E-state index is 13.8. The van der Waals surface area contributed by atoms with E-state index in [2.05, 4.69) is 4.98 Å². The lowest BCUT2D eigenvalue weighted by molar-refractivity contribution is -0.138. The number of aromatic amines is 1. The van der Waals surface area contributed by atoms with Gasteiger partial charge in [-0.1, -0.05) is 12.1 Å². The summed E-state index contributed by atoms with van der Waals surface area (Å²) < 4.78 is 40.4. The molecular weight excluding hydrogens is 335 g/mol. The lowest BCUT2D eigenvalue weighted by Crippen LogP contribution is -2.17. The van der Waals surface area contributed by atoms with Crippen LogP contribution in [0, 0.1) is 17.5 Å². The van der Waals surface area contributed by atoms with Gasteiger partial charge in [0.2, 0.25) is 0 Å². The van der Waals surface area contributed by atoms with Crippen LogP contribution in [-0.2, 0) is 4.79 Å². The van der Waals surface area contributed by atoms with Crippen molar-refractivity contribution in [2.24, 2.45) is 0 Å². The van der Waals surface area contributed by atoms with Crippen molar-refractivity contribution in [3.05, 3.63) is 71.2 Å². The standard InChI is InChI=1S/C18H12F3NO3/c19-9-4-5-11(15(21)6-9)16(23)7-12(18(24)25)13-8-22-17-10(13)2-1-3-14(17)20/h1-6,8,12,22H,7H2,(H,24,25). The molecule has 25 heavy (non-hydrogen) atoms. The van der Waals surface area contributed by atoms with Gasteiger partial charge in [-0.3, -0.25) is 9.59 Å². The van der Waals surface area contributed by atoms with Gasteiger partial charge in [0.05, 0.1) is 17.0 Å². The van der Waals surface area contributed by atoms with E-state index in [1.165, 1.54) is 24.4 Å². The highest BCUT2D eigenvalue weighted by Crippen LogP contribution is 2.30. The van der Waals surface area contributed by atoms with Crippen LogP contribution in [0.2, 0.25) is 0 Å². The number of hydrogen-bond acceptors (Lipinski definition) is 2. The lowest BCUT2D eigenvalue weighted by atomic mass is 9.91. The van der Waals surface area contributed by atoms with E-state index in [1.54, 1.807) is 0 Å². The Hall–Kier alpha value is -3.09. The summed E-state index contributed by atoms with van der Waals surface area (Å²) in [6, 6.07) is 6.63. The zero-order chi connectivity index (χ0) is 18.1. The van der Waals surface area contributed by atoms with Crippen molar-refractivity contribution in [3.63, 3.8) is 0 Å². The number of halogens is 3. The van der Waals surface area contributed by atoms with Gasteiger partial charge in [0.25, 0.3) is 0 Å². The maximum atomic E-state index is 13.8. The number of Topliss-reactive ketones (excluding diaryl/α,β-unsaturated/α-hetero) is 1. The Kier molecular flexibility index (Phi) is 4.31. The maximum Gasteiger partial charge on any atom is 0.311 e. The molecule has 0 bridgehead atoms. The minimum Gasteiger partial charge on any atom is -0.481 e. The quantitative estimate of drug-likeness (QED) is 0.685. The second-order valence-corrected chi connectivity index (χ2v) is 5.55. The fourth-order valence-electron chi connectivity index (χ4n) is 2.77. The van der Waals surface area contributed by atoms with Crippen LogP contribution in [-0.4, -0.2) is 21.8 Å². The van der Waals surface area contributed by atoms with Gasteiger partial charge < -0.3 is 10.1 Å². The normalized spacial score (nSPS) is 12.3. The predicted molar refractivity (Wildman–Crippen MR) is 83.9 cm³/mol. The summed E-state index contributed by atoms with van der Waals surface area (Å²) >= 11 is 0. The average Bonchev–Trinajstić information content (AvgIpc) is 2.97. The van der Waals surface area contributed by atoms with Gasteiger partial charge in [-0.25, -0.2) is 13.2 Å². The number of nitrogens with one attached hydrogen (secondary N) is 1. The number of carbonyl (C=O) groups is 2. The van der Waals surface area contributed by atoms with E-state index in [-0.39, 0.29) is 11.1 Å². The number of benzene rings is 2. The number of hydrogen-bond donors (Lipinski definition) is 2. The van der Waals surface area contributed by atoms with E-state index < -0.39 is 47.1 Å². The third-order valence-corrected chi connectivity index (χ3v) is 3.99. The molecule has 0 spiro atoms. The molecule has 4 nitrogen and oxygen atoms in total. The average molecular weight is 347 g/mol. The number of carbonyl (C=O) groups excluding carboxylic acids is 1. The van der Waals surface area contributed by atoms with E-state index in [0.717, 1.165) is 12.1 Å². The van der Waals surface area contributed by atoms with Gasteiger partial charge in [0.1, 0.15) is 17.5 Å². The zero-order valence-corrected chi connectivity index (χ0v) is 12.7. The van der Waals surface area contributed by atoms with E-state index in [0.29, 0.717) is 11.5 Å². The van der Waals surface area contributed by atoms with Crippen LogP contribution < -0.4 is 0 Å². The first kappa shape index (κ1) is 16.8. The number of rotatable bonds is 5. The molecule has 1 unspecified atom stereocenters. The van der Waals surface area contributed by atoms with Gasteiger partial charge in [-0.2, -0.15) is 0 Å². The number of H-pyrrole nitrogens is 1. The highest BCUT2D eigenvalue weighted by Gasteiger charge is 2.28. The summed E-state index contributed by atoms with van der Waals surface area (Å²) in [5, 5.41) is 9.80. The Morgan fingerprint density at radius 1 is 1.08 bits per heavy atom. The molecule has 0 aliphatic rings. The summed E-state index contributed by atoms with van der Waals surface area (Å²) in [4.78, 5) is 26.5. The monoisotopic (exact) mass is 347 g/mol. The zero-order valence-electron chi connectivity index (χ0n) is 12.7. The van der Waals surface area contributed by atoms with Crippen LogP contribution in [0.1, 0.15) is 28.3 Å². The van der Waals surface area contributed by atoms with Crippen LogP contribution in [0.15, 0.2) is 42.6 Å². The summed E-state index contributed by atoms with van der Waals surface area (Å²) in [6.45, 7) is 0. The van der Waals surface area contributed by atoms with E-state index in [9.17, 15) is 27.9 Å². The highest BCUT2D eigenvalue weighted by atomic mass is 19.1. The third-order valence-electron chi connectivity index (χ3n) is 3.99. The van der Waals surface area contributed by atoms with Crippen LogP contribution in [0.25, 0.3) is 10.9 Å². The molecule has 128 valence electrons. The van der Waals surface area contributed by atoms with Crippen LogP contribution in [0.4, 0.5) is 13.2 Å².